The number of nitrogens with two attached hydrogens (primary N) is 1. The standard InChI is InChI=1S/C29H40N6O2S/c1-29(2,3)21-9-10-22-20(16-21)17-24-27(33-22)38-28(34-24)26(37)32-23(11-14-35(4)5)18-7-6-8-19(15-18)25(36)31-13-12-30/h6-8,15,17,21,23H,9-14,16,30H2,1-5H3,(H,31,36)(H,32,37)/t21-,23?/m0/s1. The number of aromatic nitrogens is 2. The zero-order chi connectivity index (χ0) is 27.4. The average molecular weight is 537 g/mol. The number of nitrogens with zero attached hydrogens (tertiary/aromatic N) is 3. The van der Waals surface area contributed by atoms with Gasteiger partial charge in [0.25, 0.3) is 11.8 Å². The summed E-state index contributed by atoms with van der Waals surface area (Å²) in [4.78, 5) is 38.4. The molecule has 0 aliphatic heterocycles. The predicted molar refractivity (Wildman–Crippen MR) is 154 cm³/mol. The van der Waals surface area contributed by atoms with E-state index in [1.54, 1.807) is 6.07 Å². The van der Waals surface area contributed by atoms with E-state index in [1.165, 1.54) is 16.9 Å². The summed E-state index contributed by atoms with van der Waals surface area (Å²) in [6, 6.07) is 9.26. The van der Waals surface area contributed by atoms with Gasteiger partial charge in [-0.3, -0.25) is 9.59 Å². The van der Waals surface area contributed by atoms with Crippen molar-refractivity contribution in [1.29, 1.82) is 0 Å². The minimum atomic E-state index is -0.270. The lowest BCUT2D eigenvalue weighted by molar-refractivity contribution is 0.0931. The summed E-state index contributed by atoms with van der Waals surface area (Å²) < 4.78 is 0. The number of amides is 2. The van der Waals surface area contributed by atoms with Crippen LogP contribution < -0.4 is 16.4 Å². The van der Waals surface area contributed by atoms with Crippen molar-refractivity contribution in [3.05, 3.63) is 57.7 Å². The first-order valence-electron chi connectivity index (χ1n) is 13.4. The van der Waals surface area contributed by atoms with Crippen LogP contribution in [-0.4, -0.2) is 60.4 Å². The van der Waals surface area contributed by atoms with Crippen LogP contribution in [0.1, 0.15) is 76.6 Å². The fourth-order valence-corrected chi connectivity index (χ4v) is 5.81. The molecular formula is C29H40N6O2S. The van der Waals surface area contributed by atoms with E-state index in [0.29, 0.717) is 36.0 Å². The topological polar surface area (TPSA) is 113 Å². The molecule has 1 aliphatic rings. The first-order chi connectivity index (χ1) is 18.0. The van der Waals surface area contributed by atoms with Crippen LogP contribution in [0.15, 0.2) is 30.3 Å². The number of pyridine rings is 1. The van der Waals surface area contributed by atoms with Crippen molar-refractivity contribution in [3.63, 3.8) is 0 Å². The molecule has 3 aromatic rings. The minimum Gasteiger partial charge on any atom is -0.351 e. The highest BCUT2D eigenvalue weighted by Crippen LogP contribution is 2.38. The van der Waals surface area contributed by atoms with Gasteiger partial charge < -0.3 is 21.3 Å². The Balaban J connectivity index is 1.56. The Hall–Kier alpha value is -2.88. The highest BCUT2D eigenvalue weighted by Gasteiger charge is 2.30. The first kappa shape index (κ1) is 28.1. The van der Waals surface area contributed by atoms with Gasteiger partial charge in [-0.2, -0.15) is 0 Å². The lowest BCUT2D eigenvalue weighted by Gasteiger charge is -2.34. The van der Waals surface area contributed by atoms with Gasteiger partial charge in [0, 0.05) is 24.3 Å². The molecule has 0 spiro atoms. The van der Waals surface area contributed by atoms with Crippen LogP contribution in [0.3, 0.4) is 0 Å². The summed E-state index contributed by atoms with van der Waals surface area (Å²) >= 11 is 1.34. The molecule has 0 fully saturated rings. The van der Waals surface area contributed by atoms with Crippen molar-refractivity contribution in [3.8, 4) is 0 Å². The van der Waals surface area contributed by atoms with Gasteiger partial charge in [0.05, 0.1) is 6.04 Å². The van der Waals surface area contributed by atoms with E-state index in [-0.39, 0.29) is 23.3 Å². The van der Waals surface area contributed by atoms with E-state index in [0.717, 1.165) is 47.4 Å². The maximum absolute atomic E-state index is 13.4. The molecule has 1 unspecified atom stereocenters. The number of fused-ring (bicyclic) bond motifs is 2. The second-order valence-corrected chi connectivity index (χ2v) is 12.5. The van der Waals surface area contributed by atoms with Crippen LogP contribution in [0.2, 0.25) is 0 Å². The van der Waals surface area contributed by atoms with E-state index in [1.807, 2.05) is 32.3 Å². The van der Waals surface area contributed by atoms with Gasteiger partial charge in [0.2, 0.25) is 0 Å². The van der Waals surface area contributed by atoms with Crippen LogP contribution in [0, 0.1) is 11.3 Å². The van der Waals surface area contributed by atoms with Gasteiger partial charge in [-0.1, -0.05) is 44.2 Å². The molecule has 2 atom stereocenters. The van der Waals surface area contributed by atoms with E-state index in [9.17, 15) is 9.59 Å². The number of carbonyl (C=O) groups excluding carboxylic acids is 2. The second-order valence-electron chi connectivity index (χ2n) is 11.5. The third-order valence-corrected chi connectivity index (χ3v) is 8.28. The van der Waals surface area contributed by atoms with Gasteiger partial charge in [0.1, 0.15) is 10.3 Å². The van der Waals surface area contributed by atoms with E-state index >= 15 is 0 Å². The van der Waals surface area contributed by atoms with Gasteiger partial charge in [-0.05, 0) is 87.0 Å². The lowest BCUT2D eigenvalue weighted by Crippen LogP contribution is -2.32. The summed E-state index contributed by atoms with van der Waals surface area (Å²) in [7, 11) is 4.00. The molecule has 0 radical (unpaired) electrons. The minimum absolute atomic E-state index is 0.176. The van der Waals surface area contributed by atoms with Gasteiger partial charge >= 0.3 is 0 Å². The zero-order valence-electron chi connectivity index (χ0n) is 23.1. The normalized spacial score (nSPS) is 16.3. The predicted octanol–water partition coefficient (Wildman–Crippen LogP) is 3.95. The van der Waals surface area contributed by atoms with E-state index in [4.69, 9.17) is 10.7 Å². The van der Waals surface area contributed by atoms with Gasteiger partial charge in [-0.15, -0.1) is 0 Å². The van der Waals surface area contributed by atoms with Crippen molar-refractivity contribution < 1.29 is 9.59 Å². The molecule has 204 valence electrons. The fourth-order valence-electron chi connectivity index (χ4n) is 4.96. The Bertz CT molecular complexity index is 1300. The summed E-state index contributed by atoms with van der Waals surface area (Å²) in [6.45, 7) is 8.47. The molecule has 2 amide bonds. The number of thiazole rings is 1. The van der Waals surface area contributed by atoms with Gasteiger partial charge in [0.15, 0.2) is 5.01 Å². The molecule has 2 aromatic heterocycles. The number of benzene rings is 1. The number of aryl methyl sites for hydroxylation is 1. The Labute approximate surface area is 229 Å². The lowest BCUT2D eigenvalue weighted by atomic mass is 9.71. The third-order valence-electron chi connectivity index (χ3n) is 7.32. The quantitative estimate of drug-likeness (QED) is 0.382. The second kappa shape index (κ2) is 11.9. The van der Waals surface area contributed by atoms with Crippen LogP contribution in [0.25, 0.3) is 10.3 Å². The number of nitrogens with one attached hydrogen (secondary N) is 2. The van der Waals surface area contributed by atoms with Crippen LogP contribution in [0.5, 0.6) is 0 Å². The summed E-state index contributed by atoms with van der Waals surface area (Å²) in [5.74, 6) is 0.214. The Morgan fingerprint density at radius 3 is 2.68 bits per heavy atom. The highest BCUT2D eigenvalue weighted by molar-refractivity contribution is 7.19. The molecule has 0 bridgehead atoms. The number of hydrogen-bond acceptors (Lipinski definition) is 7. The third kappa shape index (κ3) is 6.76. The molecule has 1 aromatic carbocycles. The largest absolute Gasteiger partial charge is 0.351 e. The summed E-state index contributed by atoms with van der Waals surface area (Å²) in [6.07, 6.45) is 3.80. The Kier molecular flexibility index (Phi) is 8.80. The molecule has 4 N–H and O–H groups in total. The Morgan fingerprint density at radius 1 is 1.18 bits per heavy atom. The molecule has 1 aliphatic carbocycles. The van der Waals surface area contributed by atoms with Gasteiger partial charge in [-0.25, -0.2) is 9.97 Å². The smallest absolute Gasteiger partial charge is 0.280 e. The number of hydrogen-bond donors (Lipinski definition) is 3. The summed E-state index contributed by atoms with van der Waals surface area (Å²) in [5, 5.41) is 6.39. The van der Waals surface area contributed by atoms with Crippen molar-refractivity contribution in [2.75, 3.05) is 33.7 Å². The molecular weight excluding hydrogens is 496 g/mol. The van der Waals surface area contributed by atoms with Crippen molar-refractivity contribution in [2.45, 2.75) is 52.5 Å². The molecule has 0 saturated carbocycles. The van der Waals surface area contributed by atoms with E-state index < -0.39 is 0 Å². The maximum Gasteiger partial charge on any atom is 0.280 e. The summed E-state index contributed by atoms with van der Waals surface area (Å²) in [5.41, 5.74) is 10.4. The maximum atomic E-state index is 13.4. The van der Waals surface area contributed by atoms with Crippen molar-refractivity contribution in [1.82, 2.24) is 25.5 Å². The fraction of sp³-hybridized carbons (Fsp3) is 0.517. The monoisotopic (exact) mass is 536 g/mol. The van der Waals surface area contributed by atoms with Crippen molar-refractivity contribution in [2.24, 2.45) is 17.1 Å². The molecule has 9 heteroatoms. The van der Waals surface area contributed by atoms with Crippen LogP contribution >= 0.6 is 11.3 Å². The van der Waals surface area contributed by atoms with Crippen LogP contribution in [0.4, 0.5) is 0 Å². The zero-order valence-corrected chi connectivity index (χ0v) is 24.0. The van der Waals surface area contributed by atoms with Crippen molar-refractivity contribution >= 4 is 33.5 Å². The molecule has 2 heterocycles. The first-order valence-corrected chi connectivity index (χ1v) is 14.2. The number of rotatable bonds is 9. The molecule has 0 saturated heterocycles. The SMILES string of the molecule is CN(C)CCC(NC(=O)c1nc2cc3c(nc2s1)CC[C@H](C(C)(C)C)C3)c1cccc(C(=O)NCCN)c1. The average Bonchev–Trinajstić information content (AvgIpc) is 3.30. The Morgan fingerprint density at radius 2 is 1.97 bits per heavy atom. The molecule has 4 rings (SSSR count). The van der Waals surface area contributed by atoms with Crippen LogP contribution in [-0.2, 0) is 12.8 Å². The highest BCUT2D eigenvalue weighted by atomic mass is 32.1. The number of carbonyl (C=O) groups is 2. The molecule has 8 nitrogen and oxygen atoms in total. The van der Waals surface area contributed by atoms with E-state index in [2.05, 4.69) is 47.4 Å². The molecule has 38 heavy (non-hydrogen) atoms.